The van der Waals surface area contributed by atoms with Crippen molar-refractivity contribution in [1.29, 1.82) is 0 Å². The van der Waals surface area contributed by atoms with Crippen LogP contribution in [0.3, 0.4) is 0 Å². The first-order chi connectivity index (χ1) is 10.3. The van der Waals surface area contributed by atoms with Gasteiger partial charge in [0.2, 0.25) is 0 Å². The minimum atomic E-state index is 0.312. The third-order valence-corrected chi connectivity index (χ3v) is 4.15. The number of thiocarbonyl (C=S) groups is 1. The fourth-order valence-corrected chi connectivity index (χ4v) is 2.78. The summed E-state index contributed by atoms with van der Waals surface area (Å²) in [6.07, 6.45) is 2.60. The molecule has 0 unspecified atom stereocenters. The summed E-state index contributed by atoms with van der Waals surface area (Å²) in [7, 11) is 0. The Morgan fingerprint density at radius 2 is 1.76 bits per heavy atom. The molecule has 0 aliphatic carbocycles. The van der Waals surface area contributed by atoms with Crippen LogP contribution in [0.5, 0.6) is 0 Å². The second kappa shape index (κ2) is 6.83. The van der Waals surface area contributed by atoms with Crippen molar-refractivity contribution < 1.29 is 4.74 Å². The molecule has 108 valence electrons. The molecule has 0 bridgehead atoms. The first kappa shape index (κ1) is 14.2. The number of benzene rings is 2. The molecule has 1 aliphatic heterocycles. The SMILES string of the molecule is S=C(NC[C@@H]1CCCO1)c1ccc(-c2ccccc2)cc1. The van der Waals surface area contributed by atoms with Crippen LogP contribution in [0.15, 0.2) is 54.6 Å². The zero-order valence-corrected chi connectivity index (χ0v) is 12.7. The molecule has 21 heavy (non-hydrogen) atoms. The summed E-state index contributed by atoms with van der Waals surface area (Å²) < 4.78 is 5.59. The minimum Gasteiger partial charge on any atom is -0.376 e. The van der Waals surface area contributed by atoms with Crippen LogP contribution >= 0.6 is 12.2 Å². The second-order valence-corrected chi connectivity index (χ2v) is 5.70. The van der Waals surface area contributed by atoms with Crippen LogP contribution in [-0.4, -0.2) is 24.2 Å². The van der Waals surface area contributed by atoms with E-state index < -0.39 is 0 Å². The van der Waals surface area contributed by atoms with Gasteiger partial charge in [-0.2, -0.15) is 0 Å². The summed E-state index contributed by atoms with van der Waals surface area (Å²) in [6.45, 7) is 1.68. The van der Waals surface area contributed by atoms with Crippen LogP contribution in [0.25, 0.3) is 11.1 Å². The number of hydrogen-bond donors (Lipinski definition) is 1. The molecule has 1 saturated heterocycles. The van der Waals surface area contributed by atoms with E-state index in [0.717, 1.165) is 36.5 Å². The lowest BCUT2D eigenvalue weighted by molar-refractivity contribution is 0.114. The Morgan fingerprint density at radius 1 is 1.05 bits per heavy atom. The Balaban J connectivity index is 1.62. The summed E-state index contributed by atoms with van der Waals surface area (Å²) in [6, 6.07) is 18.7. The Hall–Kier alpha value is -1.71. The molecule has 0 spiro atoms. The van der Waals surface area contributed by atoms with Gasteiger partial charge in [0.25, 0.3) is 0 Å². The van der Waals surface area contributed by atoms with E-state index in [-0.39, 0.29) is 0 Å². The van der Waals surface area contributed by atoms with E-state index in [9.17, 15) is 0 Å². The molecule has 0 amide bonds. The summed E-state index contributed by atoms with van der Waals surface area (Å²) in [4.78, 5) is 0.796. The average Bonchev–Trinajstić information content (AvgIpc) is 3.07. The monoisotopic (exact) mass is 297 g/mol. The van der Waals surface area contributed by atoms with E-state index >= 15 is 0 Å². The fraction of sp³-hybridized carbons (Fsp3) is 0.278. The molecule has 3 heteroatoms. The Kier molecular flexibility index (Phi) is 4.63. The second-order valence-electron chi connectivity index (χ2n) is 5.29. The van der Waals surface area contributed by atoms with Crippen LogP contribution in [0.2, 0.25) is 0 Å². The highest BCUT2D eigenvalue weighted by molar-refractivity contribution is 7.80. The summed E-state index contributed by atoms with van der Waals surface area (Å²) in [5.41, 5.74) is 3.49. The molecular formula is C18H19NOS. The Bertz CT molecular complexity index is 588. The number of nitrogens with one attached hydrogen (secondary N) is 1. The van der Waals surface area contributed by atoms with Crippen LogP contribution in [0.1, 0.15) is 18.4 Å². The molecule has 2 nitrogen and oxygen atoms in total. The molecule has 1 aliphatic rings. The van der Waals surface area contributed by atoms with E-state index in [1.54, 1.807) is 0 Å². The molecular weight excluding hydrogens is 278 g/mol. The molecule has 0 radical (unpaired) electrons. The maximum atomic E-state index is 5.59. The van der Waals surface area contributed by atoms with Crippen LogP contribution < -0.4 is 5.32 Å². The van der Waals surface area contributed by atoms with Gasteiger partial charge in [0.05, 0.1) is 6.10 Å². The van der Waals surface area contributed by atoms with Gasteiger partial charge in [0.1, 0.15) is 4.99 Å². The van der Waals surface area contributed by atoms with Gasteiger partial charge in [-0.05, 0) is 24.0 Å². The number of hydrogen-bond acceptors (Lipinski definition) is 2. The lowest BCUT2D eigenvalue weighted by atomic mass is 10.0. The number of ether oxygens (including phenoxy) is 1. The van der Waals surface area contributed by atoms with Crippen molar-refractivity contribution >= 4 is 17.2 Å². The van der Waals surface area contributed by atoms with E-state index in [1.807, 2.05) is 6.07 Å². The van der Waals surface area contributed by atoms with Crippen molar-refractivity contribution in [3.8, 4) is 11.1 Å². The predicted molar refractivity (Wildman–Crippen MR) is 90.6 cm³/mol. The van der Waals surface area contributed by atoms with Gasteiger partial charge in [0.15, 0.2) is 0 Å². The van der Waals surface area contributed by atoms with E-state index in [1.165, 1.54) is 11.1 Å². The van der Waals surface area contributed by atoms with Crippen molar-refractivity contribution in [2.45, 2.75) is 18.9 Å². The van der Waals surface area contributed by atoms with Crippen molar-refractivity contribution in [3.05, 3.63) is 60.2 Å². The first-order valence-electron chi connectivity index (χ1n) is 7.38. The number of rotatable bonds is 4. The van der Waals surface area contributed by atoms with E-state index in [2.05, 4.69) is 53.8 Å². The fourth-order valence-electron chi connectivity index (χ4n) is 2.56. The maximum Gasteiger partial charge on any atom is 0.106 e. The average molecular weight is 297 g/mol. The van der Waals surface area contributed by atoms with E-state index in [4.69, 9.17) is 17.0 Å². The van der Waals surface area contributed by atoms with Crippen LogP contribution in [0, 0.1) is 0 Å². The smallest absolute Gasteiger partial charge is 0.106 e. The molecule has 3 rings (SSSR count). The summed E-state index contributed by atoms with van der Waals surface area (Å²) in [5, 5.41) is 3.31. The van der Waals surface area contributed by atoms with Gasteiger partial charge in [0, 0.05) is 18.7 Å². The first-order valence-corrected chi connectivity index (χ1v) is 7.79. The highest BCUT2D eigenvalue weighted by Crippen LogP contribution is 2.19. The normalized spacial score (nSPS) is 17.6. The topological polar surface area (TPSA) is 21.3 Å². The largest absolute Gasteiger partial charge is 0.376 e. The molecule has 0 aromatic heterocycles. The van der Waals surface area contributed by atoms with Crippen molar-refractivity contribution in [1.82, 2.24) is 5.32 Å². The lowest BCUT2D eigenvalue weighted by Crippen LogP contribution is -2.31. The van der Waals surface area contributed by atoms with Gasteiger partial charge >= 0.3 is 0 Å². The Labute approximate surface area is 131 Å². The van der Waals surface area contributed by atoms with Gasteiger partial charge in [-0.15, -0.1) is 0 Å². The standard InChI is InChI=1S/C18H19NOS/c21-18(19-13-17-7-4-12-20-17)16-10-8-15(9-11-16)14-5-2-1-3-6-14/h1-3,5-6,8-11,17H,4,7,12-13H2,(H,19,21)/t17-/m0/s1. The molecule has 2 aromatic carbocycles. The highest BCUT2D eigenvalue weighted by atomic mass is 32.1. The highest BCUT2D eigenvalue weighted by Gasteiger charge is 2.15. The molecule has 1 atom stereocenters. The lowest BCUT2D eigenvalue weighted by Gasteiger charge is -2.13. The minimum absolute atomic E-state index is 0.312. The van der Waals surface area contributed by atoms with Crippen molar-refractivity contribution in [2.24, 2.45) is 0 Å². The summed E-state index contributed by atoms with van der Waals surface area (Å²) >= 11 is 5.45. The molecule has 1 N–H and O–H groups in total. The third-order valence-electron chi connectivity index (χ3n) is 3.77. The Morgan fingerprint density at radius 3 is 2.43 bits per heavy atom. The van der Waals surface area contributed by atoms with E-state index in [0.29, 0.717) is 6.10 Å². The van der Waals surface area contributed by atoms with Gasteiger partial charge < -0.3 is 10.1 Å². The van der Waals surface area contributed by atoms with Crippen molar-refractivity contribution in [2.75, 3.05) is 13.2 Å². The summed E-state index contributed by atoms with van der Waals surface area (Å²) in [5.74, 6) is 0. The third kappa shape index (κ3) is 3.69. The predicted octanol–water partition coefficient (Wildman–Crippen LogP) is 3.80. The zero-order valence-electron chi connectivity index (χ0n) is 11.9. The molecule has 1 heterocycles. The zero-order chi connectivity index (χ0) is 14.5. The van der Waals surface area contributed by atoms with Gasteiger partial charge in [-0.25, -0.2) is 0 Å². The maximum absolute atomic E-state index is 5.59. The quantitative estimate of drug-likeness (QED) is 0.867. The van der Waals surface area contributed by atoms with Crippen LogP contribution in [-0.2, 0) is 4.74 Å². The van der Waals surface area contributed by atoms with Gasteiger partial charge in [-0.3, -0.25) is 0 Å². The van der Waals surface area contributed by atoms with Gasteiger partial charge in [-0.1, -0.05) is 66.8 Å². The molecule has 2 aromatic rings. The van der Waals surface area contributed by atoms with Crippen LogP contribution in [0.4, 0.5) is 0 Å². The molecule has 1 fully saturated rings. The molecule has 0 saturated carbocycles. The van der Waals surface area contributed by atoms with Crippen molar-refractivity contribution in [3.63, 3.8) is 0 Å².